The highest BCUT2D eigenvalue weighted by molar-refractivity contribution is 6.33. The van der Waals surface area contributed by atoms with Crippen molar-refractivity contribution >= 4 is 24.9 Å². The number of amides is 1. The zero-order valence-corrected chi connectivity index (χ0v) is 13.8. The van der Waals surface area contributed by atoms with Crippen molar-refractivity contribution in [3.63, 3.8) is 0 Å². The largest absolute Gasteiger partial charge is 0.488 e. The summed E-state index contributed by atoms with van der Waals surface area (Å²) in [7, 11) is 5.82. The molecule has 0 aliphatic heterocycles. The Kier molecular flexibility index (Phi) is 5.30. The summed E-state index contributed by atoms with van der Waals surface area (Å²) in [5.74, 6) is 0.0880. The van der Waals surface area contributed by atoms with Crippen molar-refractivity contribution in [2.24, 2.45) is 0 Å². The highest BCUT2D eigenvalue weighted by Crippen LogP contribution is 2.20. The Morgan fingerprint density at radius 2 is 2.00 bits per heavy atom. The second-order valence-electron chi connectivity index (χ2n) is 5.55. The van der Waals surface area contributed by atoms with E-state index in [0.717, 1.165) is 5.56 Å². The van der Waals surface area contributed by atoms with Crippen molar-refractivity contribution in [2.75, 3.05) is 5.32 Å². The van der Waals surface area contributed by atoms with E-state index in [9.17, 15) is 4.79 Å². The van der Waals surface area contributed by atoms with Crippen molar-refractivity contribution in [1.29, 1.82) is 5.26 Å². The smallest absolute Gasteiger partial charge is 0.259 e. The third-order valence-corrected chi connectivity index (χ3v) is 3.65. The van der Waals surface area contributed by atoms with Crippen LogP contribution in [-0.2, 0) is 6.61 Å². The molecule has 1 heterocycles. The monoisotopic (exact) mass is 339 g/mol. The number of rotatable bonds is 5. The van der Waals surface area contributed by atoms with Crippen LogP contribution in [0.15, 0.2) is 67.0 Å². The van der Waals surface area contributed by atoms with Crippen LogP contribution in [0.1, 0.15) is 21.5 Å². The number of nitriles is 1. The van der Waals surface area contributed by atoms with Gasteiger partial charge in [0.2, 0.25) is 0 Å². The number of aromatic nitrogens is 1. The Balaban J connectivity index is 1.76. The summed E-state index contributed by atoms with van der Waals surface area (Å²) < 4.78 is 5.80. The topological polar surface area (TPSA) is 75.0 Å². The second kappa shape index (κ2) is 7.99. The average Bonchev–Trinajstić information content (AvgIpc) is 2.68. The van der Waals surface area contributed by atoms with E-state index < -0.39 is 0 Å². The third kappa shape index (κ3) is 4.28. The number of hydrogen-bond donors (Lipinski definition) is 1. The van der Waals surface area contributed by atoms with E-state index in [4.69, 9.17) is 17.8 Å². The summed E-state index contributed by atoms with van der Waals surface area (Å²) in [6.45, 7) is 0.267. The van der Waals surface area contributed by atoms with Crippen molar-refractivity contribution in [3.05, 3.63) is 83.7 Å². The first-order valence-electron chi connectivity index (χ1n) is 7.88. The Labute approximate surface area is 152 Å². The van der Waals surface area contributed by atoms with Crippen LogP contribution in [-0.4, -0.2) is 18.7 Å². The third-order valence-electron chi connectivity index (χ3n) is 3.65. The van der Waals surface area contributed by atoms with Crippen LogP contribution in [0.25, 0.3) is 0 Å². The van der Waals surface area contributed by atoms with Crippen molar-refractivity contribution < 1.29 is 9.53 Å². The van der Waals surface area contributed by atoms with Gasteiger partial charge in [0, 0.05) is 6.20 Å². The lowest BCUT2D eigenvalue weighted by Gasteiger charge is -2.13. The molecule has 0 unspecified atom stereocenters. The zero-order chi connectivity index (χ0) is 18.4. The molecule has 0 bridgehead atoms. The van der Waals surface area contributed by atoms with Gasteiger partial charge < -0.3 is 10.1 Å². The van der Waals surface area contributed by atoms with Crippen LogP contribution < -0.4 is 15.5 Å². The molecule has 0 atom stereocenters. The zero-order valence-electron chi connectivity index (χ0n) is 13.8. The standard InChI is InChI=1S/C20H14BN3O2/c21-16-7-8-19(26-13-15-5-3-14(11-22)4-6-15)18(10-16)20(25)24-17-2-1-9-23-12-17/h1-10,12H,13H2,(H,24,25). The normalized spacial score (nSPS) is 9.96. The summed E-state index contributed by atoms with van der Waals surface area (Å²) in [5, 5.41) is 11.6. The molecule has 5 nitrogen and oxygen atoms in total. The molecule has 0 saturated heterocycles. The average molecular weight is 339 g/mol. The van der Waals surface area contributed by atoms with Crippen LogP contribution in [0.4, 0.5) is 5.69 Å². The van der Waals surface area contributed by atoms with Crippen molar-refractivity contribution in [3.8, 4) is 11.8 Å². The lowest BCUT2D eigenvalue weighted by atomic mass is 9.93. The van der Waals surface area contributed by atoms with Crippen molar-refractivity contribution in [1.82, 2.24) is 4.98 Å². The first-order valence-corrected chi connectivity index (χ1v) is 7.88. The molecule has 124 valence electrons. The molecule has 3 rings (SSSR count). The van der Waals surface area contributed by atoms with E-state index >= 15 is 0 Å². The Morgan fingerprint density at radius 3 is 2.69 bits per heavy atom. The molecule has 0 fully saturated rings. The predicted octanol–water partition coefficient (Wildman–Crippen LogP) is 2.58. The van der Waals surface area contributed by atoms with E-state index in [1.165, 1.54) is 0 Å². The van der Waals surface area contributed by atoms with Gasteiger partial charge in [0.1, 0.15) is 20.2 Å². The maximum Gasteiger partial charge on any atom is 0.259 e. The van der Waals surface area contributed by atoms with Gasteiger partial charge in [0.05, 0.1) is 29.1 Å². The van der Waals surface area contributed by atoms with Gasteiger partial charge in [0.15, 0.2) is 0 Å². The van der Waals surface area contributed by atoms with Gasteiger partial charge in [-0.1, -0.05) is 29.7 Å². The molecule has 1 aromatic heterocycles. The van der Waals surface area contributed by atoms with E-state index in [-0.39, 0.29) is 12.5 Å². The molecular formula is C20H14BN3O2. The number of carbonyl (C=O) groups excluding carboxylic acids is 1. The lowest BCUT2D eigenvalue weighted by molar-refractivity contribution is 0.102. The van der Waals surface area contributed by atoms with Crippen LogP contribution in [0, 0.1) is 11.3 Å². The summed E-state index contributed by atoms with van der Waals surface area (Å²) >= 11 is 0. The number of pyridine rings is 1. The van der Waals surface area contributed by atoms with Gasteiger partial charge in [0.25, 0.3) is 5.91 Å². The van der Waals surface area contributed by atoms with Crippen LogP contribution >= 0.6 is 0 Å². The first-order chi connectivity index (χ1) is 12.7. The number of benzene rings is 2. The molecule has 1 N–H and O–H groups in total. The molecule has 6 heteroatoms. The Morgan fingerprint density at radius 1 is 1.19 bits per heavy atom. The minimum Gasteiger partial charge on any atom is -0.488 e. The van der Waals surface area contributed by atoms with Gasteiger partial charge in [-0.3, -0.25) is 9.78 Å². The Bertz CT molecular complexity index is 951. The molecule has 2 aromatic carbocycles. The molecule has 0 aliphatic rings. The van der Waals surface area contributed by atoms with Gasteiger partial charge in [-0.05, 0) is 35.9 Å². The first kappa shape index (κ1) is 17.2. The number of nitrogens with one attached hydrogen (secondary N) is 1. The van der Waals surface area contributed by atoms with Gasteiger partial charge >= 0.3 is 0 Å². The fraction of sp³-hybridized carbons (Fsp3) is 0.0500. The molecule has 2 radical (unpaired) electrons. The van der Waals surface area contributed by atoms with E-state index in [1.54, 1.807) is 54.9 Å². The highest BCUT2D eigenvalue weighted by atomic mass is 16.5. The van der Waals surface area contributed by atoms with Crippen LogP contribution in [0.2, 0.25) is 0 Å². The fourth-order valence-electron chi connectivity index (χ4n) is 2.32. The minimum absolute atomic E-state index is 0.267. The molecule has 3 aromatic rings. The SMILES string of the molecule is [B]c1ccc(OCc2ccc(C#N)cc2)c(C(=O)Nc2cccnc2)c1. The molecule has 0 aliphatic carbocycles. The maximum absolute atomic E-state index is 12.6. The summed E-state index contributed by atoms with van der Waals surface area (Å²) in [5.41, 5.74) is 2.85. The van der Waals surface area contributed by atoms with E-state index in [2.05, 4.69) is 16.4 Å². The highest BCUT2D eigenvalue weighted by Gasteiger charge is 2.13. The number of carbonyl (C=O) groups is 1. The quantitative estimate of drug-likeness (QED) is 0.725. The molecular weight excluding hydrogens is 325 g/mol. The summed E-state index contributed by atoms with van der Waals surface area (Å²) in [6, 6.07) is 17.5. The lowest BCUT2D eigenvalue weighted by Crippen LogP contribution is -2.17. The minimum atomic E-state index is -0.333. The van der Waals surface area contributed by atoms with E-state index in [1.807, 2.05) is 12.1 Å². The molecule has 0 spiro atoms. The van der Waals surface area contributed by atoms with E-state index in [0.29, 0.717) is 28.0 Å². The number of anilines is 1. The fourth-order valence-corrected chi connectivity index (χ4v) is 2.32. The number of hydrogen-bond acceptors (Lipinski definition) is 4. The summed E-state index contributed by atoms with van der Waals surface area (Å²) in [4.78, 5) is 16.5. The predicted molar refractivity (Wildman–Crippen MR) is 99.5 cm³/mol. The van der Waals surface area contributed by atoms with Crippen LogP contribution in [0.5, 0.6) is 5.75 Å². The summed E-state index contributed by atoms with van der Waals surface area (Å²) in [6.07, 6.45) is 3.18. The van der Waals surface area contributed by atoms with Gasteiger partial charge in [-0.25, -0.2) is 0 Å². The maximum atomic E-state index is 12.6. The number of nitrogens with zero attached hydrogens (tertiary/aromatic N) is 2. The van der Waals surface area contributed by atoms with Crippen molar-refractivity contribution in [2.45, 2.75) is 6.61 Å². The van der Waals surface area contributed by atoms with Gasteiger partial charge in [-0.2, -0.15) is 5.26 Å². The van der Waals surface area contributed by atoms with Crippen LogP contribution in [0.3, 0.4) is 0 Å². The number of ether oxygens (including phenoxy) is 1. The molecule has 26 heavy (non-hydrogen) atoms. The molecule has 1 amide bonds. The van der Waals surface area contributed by atoms with Gasteiger partial charge in [-0.15, -0.1) is 0 Å². The molecule has 0 saturated carbocycles. The Hall–Kier alpha value is -3.59. The second-order valence-corrected chi connectivity index (χ2v) is 5.55.